The molecule has 0 spiro atoms. The van der Waals surface area contributed by atoms with Crippen molar-refractivity contribution in [1.29, 1.82) is 0 Å². The van der Waals surface area contributed by atoms with Gasteiger partial charge in [0.25, 0.3) is 0 Å². The fourth-order valence-electron chi connectivity index (χ4n) is 12.4. The minimum Gasteiger partial charge on any atom is -0.310 e. The normalized spacial score (nSPS) is 22.1. The Bertz CT molecular complexity index is 2600. The highest BCUT2D eigenvalue weighted by Gasteiger charge is 2.27. The largest absolute Gasteiger partial charge is 0.310 e. The number of benzene rings is 8. The molecule has 322 valence electrons. The fourth-order valence-corrected chi connectivity index (χ4v) is 12.4. The van der Waals surface area contributed by atoms with Crippen molar-refractivity contribution >= 4 is 43.1 Å². The SMILES string of the molecule is c1ccc2c(-c3c4ccccc4c(-c4cc(C5CCCCN5)cc(C5CCCCN5)c4)c4ccccc34)c3ccccc3c(-c3cc(C4CCCCN4)cc(C4CCCCN4)c3)c2c1. The highest BCUT2D eigenvalue weighted by molar-refractivity contribution is 6.30. The van der Waals surface area contributed by atoms with Crippen molar-refractivity contribution in [2.45, 2.75) is 101 Å². The van der Waals surface area contributed by atoms with E-state index in [2.05, 4.69) is 155 Å². The quantitative estimate of drug-likeness (QED) is 0.121. The summed E-state index contributed by atoms with van der Waals surface area (Å²) in [6.45, 7) is 4.37. The molecule has 4 saturated heterocycles. The Balaban J connectivity index is 1.11. The van der Waals surface area contributed by atoms with Gasteiger partial charge >= 0.3 is 0 Å². The van der Waals surface area contributed by atoms with Gasteiger partial charge in [-0.1, -0.05) is 135 Å². The molecule has 0 bridgehead atoms. The third-order valence-corrected chi connectivity index (χ3v) is 15.5. The molecule has 0 aliphatic carbocycles. The Labute approximate surface area is 379 Å². The van der Waals surface area contributed by atoms with Crippen LogP contribution < -0.4 is 21.3 Å². The summed E-state index contributed by atoms with van der Waals surface area (Å²) in [5.41, 5.74) is 13.8. The van der Waals surface area contributed by atoms with Crippen molar-refractivity contribution < 1.29 is 0 Å². The van der Waals surface area contributed by atoms with Crippen LogP contribution in [0.4, 0.5) is 0 Å². The van der Waals surface area contributed by atoms with Crippen molar-refractivity contribution in [2.75, 3.05) is 26.2 Å². The average Bonchev–Trinajstić information content (AvgIpc) is 3.38. The van der Waals surface area contributed by atoms with Crippen molar-refractivity contribution in [2.24, 2.45) is 0 Å². The fraction of sp³-hybridized carbons (Fsp3) is 0.333. The molecule has 12 rings (SSSR count). The Kier molecular flexibility index (Phi) is 11.0. The first-order valence-corrected chi connectivity index (χ1v) is 24.9. The standard InChI is InChI=1S/C60H62N4/c1-5-21-49-45(17-1)57(43-35-39(53-25-9-13-29-61-53)33-40(36-43)54-26-10-14-30-62-54)46-18-2-6-22-50(46)59(49)60-51-23-7-3-19-47(51)58(48-20-4-8-24-52(48)60)44-37-41(55-27-11-15-31-63-55)34-42(38-44)56-28-12-16-32-64-56/h1-8,17-24,33-38,53-56,61-64H,9-16,25-32H2. The summed E-state index contributed by atoms with van der Waals surface area (Å²) in [5.74, 6) is 0. The molecule has 64 heavy (non-hydrogen) atoms. The van der Waals surface area contributed by atoms with E-state index in [1.165, 1.54) is 176 Å². The van der Waals surface area contributed by atoms with Gasteiger partial charge in [-0.3, -0.25) is 0 Å². The Morgan fingerprint density at radius 3 is 0.719 bits per heavy atom. The van der Waals surface area contributed by atoms with Crippen LogP contribution in [0.5, 0.6) is 0 Å². The van der Waals surface area contributed by atoms with E-state index in [9.17, 15) is 0 Å². The van der Waals surface area contributed by atoms with Gasteiger partial charge in [-0.15, -0.1) is 0 Å². The van der Waals surface area contributed by atoms with Crippen molar-refractivity contribution in [3.8, 4) is 33.4 Å². The summed E-state index contributed by atoms with van der Waals surface area (Å²) in [7, 11) is 0. The van der Waals surface area contributed by atoms with E-state index in [4.69, 9.17) is 0 Å². The predicted molar refractivity (Wildman–Crippen MR) is 271 cm³/mol. The molecule has 4 unspecified atom stereocenters. The zero-order chi connectivity index (χ0) is 42.4. The van der Waals surface area contributed by atoms with E-state index >= 15 is 0 Å². The molecular formula is C60H62N4. The van der Waals surface area contributed by atoms with E-state index < -0.39 is 0 Å². The lowest BCUT2D eigenvalue weighted by atomic mass is 9.80. The molecular weight excluding hydrogens is 777 g/mol. The van der Waals surface area contributed by atoms with Crippen molar-refractivity contribution in [3.63, 3.8) is 0 Å². The second kappa shape index (κ2) is 17.6. The van der Waals surface area contributed by atoms with Gasteiger partial charge in [-0.25, -0.2) is 0 Å². The summed E-state index contributed by atoms with van der Waals surface area (Å²) < 4.78 is 0. The first kappa shape index (κ1) is 40.2. The molecule has 8 aromatic carbocycles. The Morgan fingerprint density at radius 1 is 0.266 bits per heavy atom. The number of rotatable bonds is 7. The molecule has 0 saturated carbocycles. The van der Waals surface area contributed by atoms with Crippen LogP contribution >= 0.6 is 0 Å². The highest BCUT2D eigenvalue weighted by atomic mass is 14.9. The maximum absolute atomic E-state index is 3.91. The molecule has 4 aliphatic rings. The minimum absolute atomic E-state index is 0.388. The van der Waals surface area contributed by atoms with Gasteiger partial charge in [-0.05, 0) is 201 Å². The number of nitrogens with one attached hydrogen (secondary N) is 4. The molecule has 0 amide bonds. The first-order valence-electron chi connectivity index (χ1n) is 24.9. The molecule has 8 aromatic rings. The van der Waals surface area contributed by atoms with E-state index in [1.54, 1.807) is 0 Å². The smallest absolute Gasteiger partial charge is 0.0320 e. The topological polar surface area (TPSA) is 48.1 Å². The van der Waals surface area contributed by atoms with Crippen LogP contribution in [0.15, 0.2) is 133 Å². The van der Waals surface area contributed by atoms with Gasteiger partial charge in [0.15, 0.2) is 0 Å². The number of piperidine rings is 4. The monoisotopic (exact) mass is 838 g/mol. The summed E-state index contributed by atoms with van der Waals surface area (Å²) in [6.07, 6.45) is 14.9. The third-order valence-electron chi connectivity index (χ3n) is 15.5. The molecule has 0 radical (unpaired) electrons. The zero-order valence-corrected chi connectivity index (χ0v) is 37.3. The molecule has 4 heteroatoms. The average molecular weight is 839 g/mol. The van der Waals surface area contributed by atoms with E-state index in [1.807, 2.05) is 0 Å². The summed E-state index contributed by atoms with van der Waals surface area (Å²) in [4.78, 5) is 0. The van der Waals surface area contributed by atoms with Crippen LogP contribution in [-0.2, 0) is 0 Å². The second-order valence-corrected chi connectivity index (χ2v) is 19.5. The first-order chi connectivity index (χ1) is 31.8. The molecule has 0 aromatic heterocycles. The minimum atomic E-state index is 0.388. The zero-order valence-electron chi connectivity index (χ0n) is 37.3. The summed E-state index contributed by atoms with van der Waals surface area (Å²) >= 11 is 0. The maximum atomic E-state index is 3.91. The molecule has 4 nitrogen and oxygen atoms in total. The lowest BCUT2D eigenvalue weighted by molar-refractivity contribution is 0.404. The number of hydrogen-bond acceptors (Lipinski definition) is 4. The van der Waals surface area contributed by atoms with Crippen molar-refractivity contribution in [1.82, 2.24) is 21.3 Å². The maximum Gasteiger partial charge on any atom is 0.0320 e. The Morgan fingerprint density at radius 2 is 0.500 bits per heavy atom. The molecule has 4 fully saturated rings. The lowest BCUT2D eigenvalue weighted by Crippen LogP contribution is -2.28. The summed E-state index contributed by atoms with van der Waals surface area (Å²) in [6, 6.07) is 54.0. The third kappa shape index (κ3) is 7.33. The van der Waals surface area contributed by atoms with Crippen LogP contribution in [0.25, 0.3) is 76.5 Å². The van der Waals surface area contributed by atoms with Gasteiger partial charge < -0.3 is 21.3 Å². The van der Waals surface area contributed by atoms with Crippen molar-refractivity contribution in [3.05, 3.63) is 156 Å². The molecule has 4 N–H and O–H groups in total. The molecule has 4 heterocycles. The van der Waals surface area contributed by atoms with Gasteiger partial charge in [-0.2, -0.15) is 0 Å². The van der Waals surface area contributed by atoms with Crippen LogP contribution in [0.1, 0.15) is 123 Å². The van der Waals surface area contributed by atoms with Crippen LogP contribution in [0.3, 0.4) is 0 Å². The van der Waals surface area contributed by atoms with Crippen LogP contribution in [0.2, 0.25) is 0 Å². The van der Waals surface area contributed by atoms with E-state index in [0.29, 0.717) is 24.2 Å². The number of hydrogen-bond donors (Lipinski definition) is 4. The lowest BCUT2D eigenvalue weighted by Gasteiger charge is -2.29. The predicted octanol–water partition coefficient (Wildman–Crippen LogP) is 14.6. The second-order valence-electron chi connectivity index (χ2n) is 19.5. The van der Waals surface area contributed by atoms with Crippen LogP contribution in [-0.4, -0.2) is 26.2 Å². The van der Waals surface area contributed by atoms with Gasteiger partial charge in [0.2, 0.25) is 0 Å². The van der Waals surface area contributed by atoms with Gasteiger partial charge in [0, 0.05) is 24.2 Å². The van der Waals surface area contributed by atoms with Gasteiger partial charge in [0.1, 0.15) is 0 Å². The van der Waals surface area contributed by atoms with E-state index in [-0.39, 0.29) is 0 Å². The van der Waals surface area contributed by atoms with Crippen LogP contribution in [0, 0.1) is 0 Å². The Hall–Kier alpha value is -5.36. The van der Waals surface area contributed by atoms with Gasteiger partial charge in [0.05, 0.1) is 0 Å². The molecule has 4 atom stereocenters. The number of fused-ring (bicyclic) bond motifs is 4. The highest BCUT2D eigenvalue weighted by Crippen LogP contribution is 2.51. The molecule has 4 aliphatic heterocycles. The van der Waals surface area contributed by atoms with E-state index in [0.717, 1.165) is 26.2 Å². The summed E-state index contributed by atoms with van der Waals surface area (Å²) in [5, 5.41) is 26.2.